The Kier molecular flexibility index (Phi) is 12.3. The van der Waals surface area contributed by atoms with Crippen molar-refractivity contribution in [1.29, 1.82) is 0 Å². The average Bonchev–Trinajstić information content (AvgIpc) is 2.68. The quantitative estimate of drug-likeness (QED) is 0.296. The smallest absolute Gasteiger partial charge is 0.191 e. The van der Waals surface area contributed by atoms with E-state index in [1.807, 2.05) is 36.5 Å². The Morgan fingerprint density at radius 3 is 2.50 bits per heavy atom. The molecule has 0 saturated heterocycles. The Morgan fingerprint density at radius 2 is 1.86 bits per heavy atom. The van der Waals surface area contributed by atoms with Crippen LogP contribution in [0.5, 0.6) is 5.75 Å². The summed E-state index contributed by atoms with van der Waals surface area (Å²) in [5, 5.41) is 6.69. The first-order chi connectivity index (χ1) is 13.2. The number of ether oxygens (including phenoxy) is 1. The molecular weight excluding hydrogens is 463 g/mol. The maximum Gasteiger partial charge on any atom is 0.191 e. The van der Waals surface area contributed by atoms with Crippen molar-refractivity contribution in [2.75, 3.05) is 26.2 Å². The lowest BCUT2D eigenvalue weighted by Crippen LogP contribution is -2.38. The lowest BCUT2D eigenvalue weighted by molar-refractivity contribution is 0.271. The van der Waals surface area contributed by atoms with Gasteiger partial charge in [-0.05, 0) is 49.1 Å². The SMILES string of the molecule is CCNC(=NCCc1ccccn1)NCCc1ccc(OCC(C)C)cc1.I. The van der Waals surface area contributed by atoms with Gasteiger partial charge < -0.3 is 15.4 Å². The Morgan fingerprint density at radius 1 is 1.07 bits per heavy atom. The van der Waals surface area contributed by atoms with E-state index in [0.717, 1.165) is 49.9 Å². The van der Waals surface area contributed by atoms with Gasteiger partial charge in [-0.25, -0.2) is 0 Å². The highest BCUT2D eigenvalue weighted by Gasteiger charge is 2.00. The highest BCUT2D eigenvalue weighted by Crippen LogP contribution is 2.13. The summed E-state index contributed by atoms with van der Waals surface area (Å²) in [6.07, 6.45) is 3.60. The van der Waals surface area contributed by atoms with Crippen LogP contribution in [0.4, 0.5) is 0 Å². The number of aromatic nitrogens is 1. The normalized spacial score (nSPS) is 11.1. The number of pyridine rings is 1. The van der Waals surface area contributed by atoms with Gasteiger partial charge in [0.1, 0.15) is 5.75 Å². The van der Waals surface area contributed by atoms with Crippen LogP contribution in [0.3, 0.4) is 0 Å². The van der Waals surface area contributed by atoms with Crippen molar-refractivity contribution in [3.63, 3.8) is 0 Å². The van der Waals surface area contributed by atoms with Crippen molar-refractivity contribution >= 4 is 29.9 Å². The number of hydrogen-bond acceptors (Lipinski definition) is 3. The van der Waals surface area contributed by atoms with E-state index in [9.17, 15) is 0 Å². The van der Waals surface area contributed by atoms with E-state index in [2.05, 4.69) is 53.5 Å². The number of hydrogen-bond donors (Lipinski definition) is 2. The number of guanidine groups is 1. The zero-order valence-electron chi connectivity index (χ0n) is 17.1. The molecule has 0 spiro atoms. The highest BCUT2D eigenvalue weighted by molar-refractivity contribution is 14.0. The molecule has 1 aromatic carbocycles. The van der Waals surface area contributed by atoms with E-state index in [-0.39, 0.29) is 24.0 Å². The van der Waals surface area contributed by atoms with E-state index in [1.165, 1.54) is 5.56 Å². The molecule has 5 nitrogen and oxygen atoms in total. The minimum absolute atomic E-state index is 0. The van der Waals surface area contributed by atoms with Crippen molar-refractivity contribution in [1.82, 2.24) is 15.6 Å². The molecule has 1 heterocycles. The van der Waals surface area contributed by atoms with E-state index in [4.69, 9.17) is 4.74 Å². The molecule has 6 heteroatoms. The summed E-state index contributed by atoms with van der Waals surface area (Å²) in [6.45, 7) is 9.53. The van der Waals surface area contributed by atoms with Gasteiger partial charge in [-0.1, -0.05) is 32.0 Å². The van der Waals surface area contributed by atoms with Crippen LogP contribution in [0.2, 0.25) is 0 Å². The van der Waals surface area contributed by atoms with Crippen LogP contribution < -0.4 is 15.4 Å². The summed E-state index contributed by atoms with van der Waals surface area (Å²) in [4.78, 5) is 8.96. The predicted octanol–water partition coefficient (Wildman–Crippen LogP) is 4.07. The van der Waals surface area contributed by atoms with E-state index in [1.54, 1.807) is 0 Å². The van der Waals surface area contributed by atoms with Crippen LogP contribution in [-0.4, -0.2) is 37.2 Å². The lowest BCUT2D eigenvalue weighted by atomic mass is 10.1. The summed E-state index contributed by atoms with van der Waals surface area (Å²) in [7, 11) is 0. The van der Waals surface area contributed by atoms with Crippen molar-refractivity contribution in [3.8, 4) is 5.75 Å². The zero-order chi connectivity index (χ0) is 19.3. The fraction of sp³-hybridized carbons (Fsp3) is 0.455. The molecule has 2 rings (SSSR count). The molecule has 0 aliphatic rings. The van der Waals surface area contributed by atoms with Gasteiger partial charge in [0.25, 0.3) is 0 Å². The average molecular weight is 496 g/mol. The Hall–Kier alpha value is -1.83. The minimum atomic E-state index is 0. The molecule has 0 aliphatic heterocycles. The molecule has 0 bridgehead atoms. The second-order valence-electron chi connectivity index (χ2n) is 6.86. The molecular formula is C22H33IN4O. The molecule has 2 aromatic rings. The number of nitrogens with one attached hydrogen (secondary N) is 2. The Balaban J connectivity index is 0.00000392. The van der Waals surface area contributed by atoms with Crippen LogP contribution in [0, 0.1) is 5.92 Å². The van der Waals surface area contributed by atoms with Gasteiger partial charge in [-0.3, -0.25) is 9.98 Å². The summed E-state index contributed by atoms with van der Waals surface area (Å²) in [5.74, 6) is 2.32. The van der Waals surface area contributed by atoms with E-state index in [0.29, 0.717) is 12.5 Å². The van der Waals surface area contributed by atoms with Crippen molar-refractivity contribution in [2.24, 2.45) is 10.9 Å². The number of benzene rings is 1. The second-order valence-corrected chi connectivity index (χ2v) is 6.86. The maximum absolute atomic E-state index is 5.73. The fourth-order valence-corrected chi connectivity index (χ4v) is 2.51. The Labute approximate surface area is 186 Å². The zero-order valence-corrected chi connectivity index (χ0v) is 19.5. The summed E-state index contributed by atoms with van der Waals surface area (Å²) in [6, 6.07) is 14.3. The minimum Gasteiger partial charge on any atom is -0.493 e. The van der Waals surface area contributed by atoms with E-state index < -0.39 is 0 Å². The number of halogens is 1. The molecule has 0 atom stereocenters. The van der Waals surface area contributed by atoms with Crippen molar-refractivity contribution in [2.45, 2.75) is 33.6 Å². The largest absolute Gasteiger partial charge is 0.493 e. The third kappa shape index (κ3) is 9.92. The molecule has 0 radical (unpaired) electrons. The van der Waals surface area contributed by atoms with Crippen LogP contribution in [0.25, 0.3) is 0 Å². The first-order valence-electron chi connectivity index (χ1n) is 9.81. The van der Waals surface area contributed by atoms with Crippen LogP contribution >= 0.6 is 24.0 Å². The molecule has 0 amide bonds. The van der Waals surface area contributed by atoms with Crippen molar-refractivity contribution in [3.05, 3.63) is 59.9 Å². The topological polar surface area (TPSA) is 58.5 Å². The highest BCUT2D eigenvalue weighted by atomic mass is 127. The maximum atomic E-state index is 5.73. The summed E-state index contributed by atoms with van der Waals surface area (Å²) < 4.78 is 5.73. The number of nitrogens with zero attached hydrogens (tertiary/aromatic N) is 2. The first-order valence-corrected chi connectivity index (χ1v) is 9.81. The number of aliphatic imine (C=N–C) groups is 1. The number of rotatable bonds is 10. The predicted molar refractivity (Wildman–Crippen MR) is 128 cm³/mol. The lowest BCUT2D eigenvalue weighted by Gasteiger charge is -2.12. The van der Waals surface area contributed by atoms with Gasteiger partial charge in [0.15, 0.2) is 5.96 Å². The van der Waals surface area contributed by atoms with Gasteiger partial charge >= 0.3 is 0 Å². The molecule has 154 valence electrons. The molecule has 0 aliphatic carbocycles. The first kappa shape index (κ1) is 24.2. The molecule has 0 fully saturated rings. The summed E-state index contributed by atoms with van der Waals surface area (Å²) >= 11 is 0. The second kappa shape index (κ2) is 14.2. The van der Waals surface area contributed by atoms with Crippen molar-refractivity contribution < 1.29 is 4.74 Å². The van der Waals surface area contributed by atoms with Gasteiger partial charge in [-0.15, -0.1) is 24.0 Å². The van der Waals surface area contributed by atoms with Gasteiger partial charge in [0.2, 0.25) is 0 Å². The van der Waals surface area contributed by atoms with E-state index >= 15 is 0 Å². The third-order valence-electron chi connectivity index (χ3n) is 3.92. The standard InChI is InChI=1S/C22H32N4O.HI/c1-4-23-22(26-16-13-20-7-5-6-14-24-20)25-15-12-19-8-10-21(11-9-19)27-17-18(2)3;/h5-11,14,18H,4,12-13,15-17H2,1-3H3,(H2,23,25,26);1H. The van der Waals surface area contributed by atoms with Gasteiger partial charge in [0.05, 0.1) is 6.61 Å². The fourth-order valence-electron chi connectivity index (χ4n) is 2.51. The molecule has 2 N–H and O–H groups in total. The summed E-state index contributed by atoms with van der Waals surface area (Å²) in [5.41, 5.74) is 2.35. The Bertz CT molecular complexity index is 675. The van der Waals surface area contributed by atoms with Gasteiger partial charge in [0, 0.05) is 37.9 Å². The van der Waals surface area contributed by atoms with Crippen LogP contribution in [-0.2, 0) is 12.8 Å². The van der Waals surface area contributed by atoms with Gasteiger partial charge in [-0.2, -0.15) is 0 Å². The van der Waals surface area contributed by atoms with Crippen LogP contribution in [0.15, 0.2) is 53.7 Å². The molecule has 0 saturated carbocycles. The molecule has 1 aromatic heterocycles. The third-order valence-corrected chi connectivity index (χ3v) is 3.92. The monoisotopic (exact) mass is 496 g/mol. The molecule has 0 unspecified atom stereocenters. The molecule has 28 heavy (non-hydrogen) atoms. The van der Waals surface area contributed by atoms with Crippen LogP contribution in [0.1, 0.15) is 32.0 Å².